The van der Waals surface area contributed by atoms with Crippen molar-refractivity contribution < 1.29 is 4.79 Å². The van der Waals surface area contributed by atoms with Crippen LogP contribution in [0, 0.1) is 5.41 Å². The van der Waals surface area contributed by atoms with Gasteiger partial charge in [-0.3, -0.25) is 4.79 Å². The molecule has 0 aliphatic carbocycles. The summed E-state index contributed by atoms with van der Waals surface area (Å²) in [5.41, 5.74) is 2.54. The van der Waals surface area contributed by atoms with Gasteiger partial charge in [-0.1, -0.05) is 19.9 Å². The van der Waals surface area contributed by atoms with Crippen LogP contribution in [0.4, 0.5) is 5.69 Å². The second-order valence-corrected chi connectivity index (χ2v) is 6.41. The molecule has 2 N–H and O–H groups in total. The number of fused-ring (bicyclic) bond motifs is 1. The molecule has 1 unspecified atom stereocenters. The SMILES string of the molecule is CC1(C)CNC1c1ccc2c(c1)NC(=O)CS2. The first-order valence-electron chi connectivity index (χ1n) is 5.86. The Hall–Kier alpha value is -1.000. The van der Waals surface area contributed by atoms with Crippen LogP contribution in [0.1, 0.15) is 25.5 Å². The largest absolute Gasteiger partial charge is 0.324 e. The van der Waals surface area contributed by atoms with Gasteiger partial charge in [-0.2, -0.15) is 0 Å². The van der Waals surface area contributed by atoms with Crippen molar-refractivity contribution in [2.75, 3.05) is 17.6 Å². The Morgan fingerprint density at radius 3 is 2.88 bits per heavy atom. The van der Waals surface area contributed by atoms with Crippen LogP contribution in [0.5, 0.6) is 0 Å². The first-order chi connectivity index (χ1) is 8.06. The lowest BCUT2D eigenvalue weighted by Gasteiger charge is -2.46. The molecule has 0 spiro atoms. The van der Waals surface area contributed by atoms with Crippen molar-refractivity contribution in [2.45, 2.75) is 24.8 Å². The molecule has 2 heterocycles. The van der Waals surface area contributed by atoms with Gasteiger partial charge in [0.25, 0.3) is 0 Å². The average molecular weight is 248 g/mol. The highest BCUT2D eigenvalue weighted by Gasteiger charge is 2.39. The Balaban J connectivity index is 1.93. The Labute approximate surface area is 105 Å². The number of carbonyl (C=O) groups is 1. The third kappa shape index (κ3) is 1.85. The van der Waals surface area contributed by atoms with E-state index in [-0.39, 0.29) is 5.91 Å². The molecule has 0 aromatic heterocycles. The van der Waals surface area contributed by atoms with Crippen molar-refractivity contribution in [1.29, 1.82) is 0 Å². The minimum absolute atomic E-state index is 0.0977. The van der Waals surface area contributed by atoms with Crippen molar-refractivity contribution in [3.8, 4) is 0 Å². The summed E-state index contributed by atoms with van der Waals surface area (Å²) in [5.74, 6) is 0.625. The molecular formula is C13H16N2OS. The Kier molecular flexibility index (Phi) is 2.45. The standard InChI is InChI=1S/C13H16N2OS/c1-13(2)7-14-12(13)8-3-4-10-9(5-8)15-11(16)6-17-10/h3-5,12,14H,6-7H2,1-2H3,(H,15,16). The molecular weight excluding hydrogens is 232 g/mol. The molecule has 2 aliphatic heterocycles. The lowest BCUT2D eigenvalue weighted by atomic mass is 9.74. The Morgan fingerprint density at radius 1 is 1.41 bits per heavy atom. The van der Waals surface area contributed by atoms with Crippen molar-refractivity contribution in [2.24, 2.45) is 5.41 Å². The maximum absolute atomic E-state index is 11.4. The van der Waals surface area contributed by atoms with Gasteiger partial charge in [-0.25, -0.2) is 0 Å². The van der Waals surface area contributed by atoms with Crippen LogP contribution in [-0.2, 0) is 4.79 Å². The number of rotatable bonds is 1. The van der Waals surface area contributed by atoms with Gasteiger partial charge in [-0.15, -0.1) is 11.8 Å². The second kappa shape index (κ2) is 3.75. The van der Waals surface area contributed by atoms with Gasteiger partial charge < -0.3 is 10.6 Å². The van der Waals surface area contributed by atoms with Crippen LogP contribution >= 0.6 is 11.8 Å². The van der Waals surface area contributed by atoms with E-state index in [0.717, 1.165) is 12.2 Å². The summed E-state index contributed by atoms with van der Waals surface area (Å²) >= 11 is 1.61. The van der Waals surface area contributed by atoms with E-state index in [4.69, 9.17) is 0 Å². The second-order valence-electron chi connectivity index (χ2n) is 5.39. The van der Waals surface area contributed by atoms with Gasteiger partial charge in [0.05, 0.1) is 11.4 Å². The van der Waals surface area contributed by atoms with E-state index in [1.165, 1.54) is 10.5 Å². The van der Waals surface area contributed by atoms with Crippen LogP contribution in [0.2, 0.25) is 0 Å². The minimum atomic E-state index is 0.0977. The van der Waals surface area contributed by atoms with Crippen LogP contribution in [0.3, 0.4) is 0 Å². The first-order valence-corrected chi connectivity index (χ1v) is 6.85. The maximum Gasteiger partial charge on any atom is 0.234 e. The number of amides is 1. The molecule has 1 fully saturated rings. The molecule has 0 saturated carbocycles. The molecule has 2 aliphatic rings. The summed E-state index contributed by atoms with van der Waals surface area (Å²) in [7, 11) is 0. The monoisotopic (exact) mass is 248 g/mol. The summed E-state index contributed by atoms with van der Waals surface area (Å²) in [4.78, 5) is 12.5. The molecule has 0 bridgehead atoms. The Bertz CT molecular complexity index is 484. The molecule has 3 rings (SSSR count). The zero-order chi connectivity index (χ0) is 12.0. The van der Waals surface area contributed by atoms with E-state index in [1.54, 1.807) is 11.8 Å². The average Bonchev–Trinajstić information content (AvgIpc) is 2.27. The summed E-state index contributed by atoms with van der Waals surface area (Å²) < 4.78 is 0. The summed E-state index contributed by atoms with van der Waals surface area (Å²) in [6.45, 7) is 5.58. The summed E-state index contributed by atoms with van der Waals surface area (Å²) in [6.07, 6.45) is 0. The molecule has 1 amide bonds. The summed E-state index contributed by atoms with van der Waals surface area (Å²) in [5, 5.41) is 6.39. The molecule has 0 radical (unpaired) electrons. The molecule has 1 aromatic carbocycles. The van der Waals surface area contributed by atoms with Crippen molar-refractivity contribution in [3.05, 3.63) is 23.8 Å². The normalized spacial score (nSPS) is 25.8. The quantitative estimate of drug-likeness (QED) is 0.802. The van der Waals surface area contributed by atoms with Gasteiger partial charge in [0.1, 0.15) is 0 Å². The molecule has 1 atom stereocenters. The molecule has 3 nitrogen and oxygen atoms in total. The number of benzene rings is 1. The molecule has 1 aromatic rings. The fraction of sp³-hybridized carbons (Fsp3) is 0.462. The fourth-order valence-corrected chi connectivity index (χ4v) is 3.25. The number of hydrogen-bond donors (Lipinski definition) is 2. The highest BCUT2D eigenvalue weighted by molar-refractivity contribution is 8.00. The zero-order valence-corrected chi connectivity index (χ0v) is 10.9. The smallest absolute Gasteiger partial charge is 0.234 e. The van der Waals surface area contributed by atoms with E-state index >= 15 is 0 Å². The molecule has 17 heavy (non-hydrogen) atoms. The number of anilines is 1. The van der Waals surface area contributed by atoms with Gasteiger partial charge >= 0.3 is 0 Å². The van der Waals surface area contributed by atoms with Gasteiger partial charge in [0, 0.05) is 17.5 Å². The van der Waals surface area contributed by atoms with Gasteiger partial charge in [0.15, 0.2) is 0 Å². The first kappa shape index (κ1) is 11.1. The van der Waals surface area contributed by atoms with E-state index in [0.29, 0.717) is 17.2 Å². The Morgan fingerprint density at radius 2 is 2.24 bits per heavy atom. The van der Waals surface area contributed by atoms with Gasteiger partial charge in [-0.05, 0) is 23.1 Å². The predicted molar refractivity (Wildman–Crippen MR) is 70.3 cm³/mol. The van der Waals surface area contributed by atoms with E-state index in [2.05, 4.69) is 42.7 Å². The van der Waals surface area contributed by atoms with Crippen LogP contribution in [-0.4, -0.2) is 18.2 Å². The number of carbonyl (C=O) groups excluding carboxylic acids is 1. The minimum Gasteiger partial charge on any atom is -0.324 e. The maximum atomic E-state index is 11.4. The molecule has 4 heteroatoms. The van der Waals surface area contributed by atoms with Crippen LogP contribution in [0.15, 0.2) is 23.1 Å². The zero-order valence-electron chi connectivity index (χ0n) is 10.0. The highest BCUT2D eigenvalue weighted by atomic mass is 32.2. The summed E-state index contributed by atoms with van der Waals surface area (Å²) in [6, 6.07) is 6.79. The predicted octanol–water partition coefficient (Wildman–Crippen LogP) is 2.40. The van der Waals surface area contributed by atoms with Crippen molar-refractivity contribution in [3.63, 3.8) is 0 Å². The molecule has 1 saturated heterocycles. The molecule has 90 valence electrons. The van der Waals surface area contributed by atoms with Crippen LogP contribution < -0.4 is 10.6 Å². The lowest BCUT2D eigenvalue weighted by Crippen LogP contribution is -2.52. The highest BCUT2D eigenvalue weighted by Crippen LogP contribution is 2.42. The number of thioether (sulfide) groups is 1. The fourth-order valence-electron chi connectivity index (χ4n) is 2.46. The van der Waals surface area contributed by atoms with E-state index in [9.17, 15) is 4.79 Å². The van der Waals surface area contributed by atoms with Crippen molar-refractivity contribution in [1.82, 2.24) is 5.32 Å². The van der Waals surface area contributed by atoms with E-state index in [1.807, 2.05) is 0 Å². The van der Waals surface area contributed by atoms with E-state index < -0.39 is 0 Å². The lowest BCUT2D eigenvalue weighted by molar-refractivity contribution is -0.113. The number of nitrogens with one attached hydrogen (secondary N) is 2. The third-order valence-electron chi connectivity index (χ3n) is 3.51. The van der Waals surface area contributed by atoms with Gasteiger partial charge in [0.2, 0.25) is 5.91 Å². The number of hydrogen-bond acceptors (Lipinski definition) is 3. The van der Waals surface area contributed by atoms with Crippen LogP contribution in [0.25, 0.3) is 0 Å². The third-order valence-corrected chi connectivity index (χ3v) is 4.59. The topological polar surface area (TPSA) is 41.1 Å². The van der Waals surface area contributed by atoms with Crippen molar-refractivity contribution >= 4 is 23.4 Å².